The van der Waals surface area contributed by atoms with Gasteiger partial charge in [0.05, 0.1) is 10.9 Å². The van der Waals surface area contributed by atoms with Gasteiger partial charge in [-0.15, -0.1) is 5.10 Å². The molecule has 0 fully saturated rings. The Kier molecular flexibility index (Phi) is 4.29. The molecule has 1 heterocycles. The first-order chi connectivity index (χ1) is 9.50. The summed E-state index contributed by atoms with van der Waals surface area (Å²) < 4.78 is 14.9. The van der Waals surface area contributed by atoms with Crippen molar-refractivity contribution in [2.75, 3.05) is 0 Å². The molecule has 1 unspecified atom stereocenters. The molecule has 0 spiro atoms. The van der Waals surface area contributed by atoms with Crippen LogP contribution in [0.3, 0.4) is 0 Å². The van der Waals surface area contributed by atoms with Crippen LogP contribution in [0.5, 0.6) is 0 Å². The molecule has 1 N–H and O–H groups in total. The highest BCUT2D eigenvalue weighted by Crippen LogP contribution is 2.28. The molecule has 1 atom stereocenters. The standard InChI is InChI=1S/C12H12ClFN4O2/c1-7(12(19)20)5-6-18-11(15-16-17-18)8-3-2-4-9(14)10(8)13/h2-4,7H,5-6H2,1H3,(H,19,20). The summed E-state index contributed by atoms with van der Waals surface area (Å²) in [6.07, 6.45) is 0.361. The van der Waals surface area contributed by atoms with Gasteiger partial charge in [0.1, 0.15) is 5.82 Å². The van der Waals surface area contributed by atoms with Crippen LogP contribution in [0.1, 0.15) is 13.3 Å². The molecule has 0 aliphatic rings. The number of rotatable bonds is 5. The SMILES string of the molecule is CC(CCn1nnnc1-c1cccc(F)c1Cl)C(=O)O. The third-order valence-corrected chi connectivity index (χ3v) is 3.30. The highest BCUT2D eigenvalue weighted by atomic mass is 35.5. The molecule has 0 aliphatic heterocycles. The molecule has 0 saturated heterocycles. The van der Waals surface area contributed by atoms with Gasteiger partial charge in [0.2, 0.25) is 0 Å². The van der Waals surface area contributed by atoms with Gasteiger partial charge < -0.3 is 5.11 Å². The first-order valence-corrected chi connectivity index (χ1v) is 6.32. The summed E-state index contributed by atoms with van der Waals surface area (Å²) in [5.74, 6) is -1.65. The Morgan fingerprint density at radius 2 is 2.30 bits per heavy atom. The zero-order valence-corrected chi connectivity index (χ0v) is 11.4. The van der Waals surface area contributed by atoms with E-state index in [9.17, 15) is 9.18 Å². The average molecular weight is 299 g/mol. The van der Waals surface area contributed by atoms with E-state index in [1.807, 2.05) is 0 Å². The Balaban J connectivity index is 2.25. The van der Waals surface area contributed by atoms with Gasteiger partial charge in [0.25, 0.3) is 0 Å². The number of carboxylic acid groups (broad SMARTS) is 1. The first kappa shape index (κ1) is 14.4. The number of tetrazole rings is 1. The molecule has 0 aliphatic carbocycles. The number of hydrogen-bond donors (Lipinski definition) is 1. The van der Waals surface area contributed by atoms with Crippen molar-refractivity contribution in [3.8, 4) is 11.4 Å². The van der Waals surface area contributed by atoms with Gasteiger partial charge in [-0.05, 0) is 29.0 Å². The lowest BCUT2D eigenvalue weighted by molar-refractivity contribution is -0.141. The van der Waals surface area contributed by atoms with E-state index in [0.29, 0.717) is 24.4 Å². The van der Waals surface area contributed by atoms with Crippen molar-refractivity contribution in [1.82, 2.24) is 20.2 Å². The van der Waals surface area contributed by atoms with Gasteiger partial charge in [-0.3, -0.25) is 4.79 Å². The number of carbonyl (C=O) groups is 1. The molecule has 0 radical (unpaired) electrons. The van der Waals surface area contributed by atoms with E-state index in [4.69, 9.17) is 16.7 Å². The first-order valence-electron chi connectivity index (χ1n) is 5.94. The van der Waals surface area contributed by atoms with E-state index >= 15 is 0 Å². The third kappa shape index (κ3) is 2.93. The fourth-order valence-corrected chi connectivity index (χ4v) is 1.87. The maximum atomic E-state index is 13.4. The topological polar surface area (TPSA) is 80.9 Å². The van der Waals surface area contributed by atoms with E-state index in [0.717, 1.165) is 0 Å². The monoisotopic (exact) mass is 298 g/mol. The molecule has 1 aromatic heterocycles. The van der Waals surface area contributed by atoms with Crippen molar-refractivity contribution >= 4 is 17.6 Å². The van der Waals surface area contributed by atoms with Crippen molar-refractivity contribution in [1.29, 1.82) is 0 Å². The predicted molar refractivity (Wildman–Crippen MR) is 69.6 cm³/mol. The van der Waals surface area contributed by atoms with E-state index in [-0.39, 0.29) is 5.02 Å². The van der Waals surface area contributed by atoms with Crippen molar-refractivity contribution in [2.45, 2.75) is 19.9 Å². The Labute approximate surface area is 119 Å². The molecule has 106 valence electrons. The third-order valence-electron chi connectivity index (χ3n) is 2.92. The van der Waals surface area contributed by atoms with Crippen LogP contribution in [-0.4, -0.2) is 31.3 Å². The molecule has 2 aromatic rings. The zero-order chi connectivity index (χ0) is 14.7. The Morgan fingerprint density at radius 3 is 3.00 bits per heavy atom. The molecule has 6 nitrogen and oxygen atoms in total. The maximum absolute atomic E-state index is 13.4. The zero-order valence-electron chi connectivity index (χ0n) is 10.6. The number of aryl methyl sites for hydroxylation is 1. The summed E-state index contributed by atoms with van der Waals surface area (Å²) in [4.78, 5) is 10.8. The molecule has 1 aromatic carbocycles. The largest absolute Gasteiger partial charge is 0.481 e. The fraction of sp³-hybridized carbons (Fsp3) is 0.333. The van der Waals surface area contributed by atoms with Crippen molar-refractivity contribution < 1.29 is 14.3 Å². The number of halogens is 2. The molecule has 20 heavy (non-hydrogen) atoms. The van der Waals surface area contributed by atoms with E-state index in [1.165, 1.54) is 16.8 Å². The average Bonchev–Trinajstić information content (AvgIpc) is 2.87. The predicted octanol–water partition coefficient (Wildman–Crippen LogP) is 2.24. The van der Waals surface area contributed by atoms with Crippen molar-refractivity contribution in [3.05, 3.63) is 29.0 Å². The molecular formula is C12H12ClFN4O2. The maximum Gasteiger partial charge on any atom is 0.306 e. The summed E-state index contributed by atoms with van der Waals surface area (Å²) >= 11 is 5.89. The molecule has 0 saturated carbocycles. The van der Waals surface area contributed by atoms with Gasteiger partial charge in [-0.25, -0.2) is 9.07 Å². The highest BCUT2D eigenvalue weighted by molar-refractivity contribution is 6.33. The van der Waals surface area contributed by atoms with Crippen LogP contribution >= 0.6 is 11.6 Å². The fourth-order valence-electron chi connectivity index (χ4n) is 1.66. The second-order valence-electron chi connectivity index (χ2n) is 4.35. The summed E-state index contributed by atoms with van der Waals surface area (Å²) in [5, 5.41) is 19.9. The van der Waals surface area contributed by atoms with Crippen LogP contribution in [0.4, 0.5) is 4.39 Å². The Hall–Kier alpha value is -2.02. The van der Waals surface area contributed by atoms with Crippen molar-refractivity contribution in [3.63, 3.8) is 0 Å². The highest BCUT2D eigenvalue weighted by Gasteiger charge is 2.17. The second kappa shape index (κ2) is 5.96. The Morgan fingerprint density at radius 1 is 1.55 bits per heavy atom. The lowest BCUT2D eigenvalue weighted by atomic mass is 10.1. The van der Waals surface area contributed by atoms with Crippen LogP contribution in [-0.2, 0) is 11.3 Å². The van der Waals surface area contributed by atoms with Crippen LogP contribution in [0, 0.1) is 11.7 Å². The van der Waals surface area contributed by atoms with Gasteiger partial charge in [-0.2, -0.15) is 0 Å². The Bertz CT molecular complexity index is 632. The van der Waals surface area contributed by atoms with Gasteiger partial charge in [-0.1, -0.05) is 24.6 Å². The van der Waals surface area contributed by atoms with Crippen LogP contribution in [0.25, 0.3) is 11.4 Å². The van der Waals surface area contributed by atoms with Gasteiger partial charge in [0.15, 0.2) is 5.82 Å². The number of aromatic nitrogens is 4. The number of carboxylic acids is 1. The van der Waals surface area contributed by atoms with Gasteiger partial charge in [0, 0.05) is 12.1 Å². The smallest absolute Gasteiger partial charge is 0.306 e. The summed E-state index contributed by atoms with van der Waals surface area (Å²) in [6.45, 7) is 1.91. The minimum atomic E-state index is -0.886. The number of hydrogen-bond acceptors (Lipinski definition) is 4. The lowest BCUT2D eigenvalue weighted by Crippen LogP contribution is -2.14. The molecule has 0 amide bonds. The van der Waals surface area contributed by atoms with Gasteiger partial charge >= 0.3 is 5.97 Å². The number of benzene rings is 1. The molecule has 2 rings (SSSR count). The molecule has 0 bridgehead atoms. The van der Waals surface area contributed by atoms with E-state index in [2.05, 4.69) is 15.5 Å². The molecule has 8 heteroatoms. The lowest BCUT2D eigenvalue weighted by Gasteiger charge is -2.08. The van der Waals surface area contributed by atoms with Crippen LogP contribution in [0.2, 0.25) is 5.02 Å². The minimum absolute atomic E-state index is 0.0603. The van der Waals surface area contributed by atoms with E-state index in [1.54, 1.807) is 13.0 Å². The summed E-state index contributed by atoms with van der Waals surface area (Å²) in [7, 11) is 0. The summed E-state index contributed by atoms with van der Waals surface area (Å²) in [5.41, 5.74) is 0.375. The number of aliphatic carboxylic acids is 1. The second-order valence-corrected chi connectivity index (χ2v) is 4.73. The molecular weight excluding hydrogens is 287 g/mol. The minimum Gasteiger partial charge on any atom is -0.481 e. The normalized spacial score (nSPS) is 12.3. The quantitative estimate of drug-likeness (QED) is 0.915. The van der Waals surface area contributed by atoms with Crippen molar-refractivity contribution in [2.24, 2.45) is 5.92 Å². The van der Waals surface area contributed by atoms with Crippen LogP contribution < -0.4 is 0 Å². The number of nitrogens with zero attached hydrogens (tertiary/aromatic N) is 4. The summed E-state index contributed by atoms with van der Waals surface area (Å²) in [6, 6.07) is 4.36. The van der Waals surface area contributed by atoms with Crippen LogP contribution in [0.15, 0.2) is 18.2 Å². The van der Waals surface area contributed by atoms with E-state index < -0.39 is 17.7 Å².